The Morgan fingerprint density at radius 3 is 2.55 bits per heavy atom. The van der Waals surface area contributed by atoms with E-state index in [0.717, 1.165) is 24.1 Å². The van der Waals surface area contributed by atoms with Gasteiger partial charge in [-0.2, -0.15) is 5.26 Å². The van der Waals surface area contributed by atoms with Crippen molar-refractivity contribution in [2.24, 2.45) is 0 Å². The molecule has 0 bridgehead atoms. The second-order valence-corrected chi connectivity index (χ2v) is 6.78. The third kappa shape index (κ3) is 3.97. The summed E-state index contributed by atoms with van der Waals surface area (Å²) in [6.45, 7) is 8.98. The summed E-state index contributed by atoms with van der Waals surface area (Å²) in [6, 6.07) is 3.99. The molecule has 0 atom stereocenters. The van der Waals surface area contributed by atoms with Gasteiger partial charge in [0.15, 0.2) is 0 Å². The predicted molar refractivity (Wildman–Crippen MR) is 83.5 cm³/mol. The van der Waals surface area contributed by atoms with Gasteiger partial charge in [-0.25, -0.2) is 4.79 Å². The quantitative estimate of drug-likeness (QED) is 0.797. The molecule has 22 heavy (non-hydrogen) atoms. The van der Waals surface area contributed by atoms with Crippen LogP contribution in [0.4, 0.5) is 4.79 Å². The number of ether oxygens (including phenoxy) is 1. The summed E-state index contributed by atoms with van der Waals surface area (Å²) in [4.78, 5) is 18.3. The number of aromatic nitrogens is 1. The Morgan fingerprint density at radius 1 is 1.41 bits per heavy atom. The highest BCUT2D eigenvalue weighted by Crippen LogP contribution is 2.29. The number of piperidine rings is 1. The fourth-order valence-electron chi connectivity index (χ4n) is 2.74. The highest BCUT2D eigenvalue weighted by atomic mass is 16.6. The molecule has 0 aliphatic carbocycles. The van der Waals surface area contributed by atoms with Crippen LogP contribution in [0.5, 0.6) is 0 Å². The Bertz CT molecular complexity index is 591. The molecule has 1 aliphatic heterocycles. The minimum absolute atomic E-state index is 0.240. The average Bonchev–Trinajstić information content (AvgIpc) is 2.45. The van der Waals surface area contributed by atoms with E-state index in [2.05, 4.69) is 11.1 Å². The molecule has 0 radical (unpaired) electrons. The molecule has 0 aromatic carbocycles. The minimum Gasteiger partial charge on any atom is -0.444 e. The maximum atomic E-state index is 12.1. The molecular weight excluding hydrogens is 278 g/mol. The maximum absolute atomic E-state index is 12.1. The molecule has 0 spiro atoms. The van der Waals surface area contributed by atoms with E-state index in [9.17, 15) is 4.79 Å². The van der Waals surface area contributed by atoms with Crippen LogP contribution >= 0.6 is 0 Å². The Hall–Kier alpha value is -2.09. The zero-order valence-electron chi connectivity index (χ0n) is 13.7. The van der Waals surface area contributed by atoms with Crippen LogP contribution in [0, 0.1) is 18.3 Å². The van der Waals surface area contributed by atoms with Crippen LogP contribution in [-0.4, -0.2) is 34.7 Å². The lowest BCUT2D eigenvalue weighted by Crippen LogP contribution is -2.41. The number of pyridine rings is 1. The number of nitrogens with zero attached hydrogens (tertiary/aromatic N) is 3. The van der Waals surface area contributed by atoms with E-state index >= 15 is 0 Å². The van der Waals surface area contributed by atoms with E-state index in [1.54, 1.807) is 11.1 Å². The molecule has 1 fully saturated rings. The SMILES string of the molecule is Cc1cc(C#N)cnc1C1CCN(C(=O)OC(C)(C)C)CC1. The van der Waals surface area contributed by atoms with Crippen molar-refractivity contribution in [2.45, 2.75) is 52.1 Å². The second-order valence-electron chi connectivity index (χ2n) is 6.78. The second kappa shape index (κ2) is 6.35. The maximum Gasteiger partial charge on any atom is 0.410 e. The van der Waals surface area contributed by atoms with E-state index in [4.69, 9.17) is 10.00 Å². The van der Waals surface area contributed by atoms with E-state index in [-0.39, 0.29) is 6.09 Å². The van der Waals surface area contributed by atoms with Crippen LogP contribution < -0.4 is 0 Å². The van der Waals surface area contributed by atoms with Crippen molar-refractivity contribution in [1.29, 1.82) is 5.26 Å². The Morgan fingerprint density at radius 2 is 2.05 bits per heavy atom. The number of carbonyl (C=O) groups is 1. The molecular formula is C17H23N3O2. The van der Waals surface area contributed by atoms with Gasteiger partial charge >= 0.3 is 6.09 Å². The standard InChI is InChI=1S/C17H23N3O2/c1-12-9-13(10-18)11-19-15(12)14-5-7-20(8-6-14)16(21)22-17(2,3)4/h9,11,14H,5-8H2,1-4H3. The Labute approximate surface area is 131 Å². The van der Waals surface area contributed by atoms with Gasteiger partial charge in [0, 0.05) is 30.9 Å². The van der Waals surface area contributed by atoms with Crippen molar-refractivity contribution in [3.8, 4) is 6.07 Å². The number of amides is 1. The van der Waals surface area contributed by atoms with Crippen LogP contribution in [0.3, 0.4) is 0 Å². The number of hydrogen-bond acceptors (Lipinski definition) is 4. The Balaban J connectivity index is 1.98. The first kappa shape index (κ1) is 16.3. The van der Waals surface area contributed by atoms with Gasteiger partial charge in [0.2, 0.25) is 0 Å². The van der Waals surface area contributed by atoms with Crippen LogP contribution in [0.1, 0.15) is 56.4 Å². The van der Waals surface area contributed by atoms with E-state index in [1.165, 1.54) is 0 Å². The smallest absolute Gasteiger partial charge is 0.410 e. The van der Waals surface area contributed by atoms with Gasteiger partial charge in [-0.1, -0.05) is 0 Å². The molecule has 0 saturated carbocycles. The number of hydrogen-bond donors (Lipinski definition) is 0. The van der Waals surface area contributed by atoms with Gasteiger partial charge in [0.05, 0.1) is 5.56 Å². The zero-order chi connectivity index (χ0) is 16.3. The average molecular weight is 301 g/mol. The van der Waals surface area contributed by atoms with Crippen LogP contribution in [-0.2, 0) is 4.74 Å². The van der Waals surface area contributed by atoms with Crippen LogP contribution in [0.2, 0.25) is 0 Å². The summed E-state index contributed by atoms with van der Waals surface area (Å²) in [7, 11) is 0. The largest absolute Gasteiger partial charge is 0.444 e. The fourth-order valence-corrected chi connectivity index (χ4v) is 2.74. The predicted octanol–water partition coefficient (Wildman–Crippen LogP) is 3.38. The summed E-state index contributed by atoms with van der Waals surface area (Å²) in [5.74, 6) is 0.339. The lowest BCUT2D eigenvalue weighted by atomic mass is 9.90. The molecule has 2 rings (SSSR count). The molecule has 2 heterocycles. The first-order valence-electron chi connectivity index (χ1n) is 7.65. The summed E-state index contributed by atoms with van der Waals surface area (Å²) >= 11 is 0. The lowest BCUT2D eigenvalue weighted by Gasteiger charge is -2.33. The number of carbonyl (C=O) groups excluding carboxylic acids is 1. The molecule has 5 heteroatoms. The van der Waals surface area contributed by atoms with Gasteiger partial charge in [0.25, 0.3) is 0 Å². The summed E-state index contributed by atoms with van der Waals surface area (Å²) in [5, 5.41) is 8.90. The van der Waals surface area contributed by atoms with Crippen molar-refractivity contribution >= 4 is 6.09 Å². The summed E-state index contributed by atoms with van der Waals surface area (Å²) in [6.07, 6.45) is 3.14. The van der Waals surface area contributed by atoms with E-state index < -0.39 is 5.60 Å². The van der Waals surface area contributed by atoms with Crippen molar-refractivity contribution in [3.63, 3.8) is 0 Å². The molecule has 0 unspecified atom stereocenters. The number of likely N-dealkylation sites (tertiary alicyclic amines) is 1. The summed E-state index contributed by atoms with van der Waals surface area (Å²) in [5.41, 5.74) is 2.23. The highest BCUT2D eigenvalue weighted by molar-refractivity contribution is 5.68. The molecule has 1 aliphatic rings. The van der Waals surface area contributed by atoms with Gasteiger partial charge in [0.1, 0.15) is 11.7 Å². The third-order valence-corrected chi connectivity index (χ3v) is 3.78. The van der Waals surface area contributed by atoms with E-state index in [0.29, 0.717) is 24.6 Å². The van der Waals surface area contributed by atoms with Gasteiger partial charge < -0.3 is 9.64 Å². The van der Waals surface area contributed by atoms with E-state index in [1.807, 2.05) is 33.8 Å². The monoisotopic (exact) mass is 301 g/mol. The van der Waals surface area contributed by atoms with Crippen molar-refractivity contribution < 1.29 is 9.53 Å². The molecule has 1 amide bonds. The zero-order valence-corrected chi connectivity index (χ0v) is 13.7. The van der Waals surface area contributed by atoms with Crippen molar-refractivity contribution in [1.82, 2.24) is 9.88 Å². The normalized spacial score (nSPS) is 16.2. The van der Waals surface area contributed by atoms with Gasteiger partial charge in [-0.3, -0.25) is 4.98 Å². The number of rotatable bonds is 1. The lowest BCUT2D eigenvalue weighted by molar-refractivity contribution is 0.0204. The van der Waals surface area contributed by atoms with Crippen molar-refractivity contribution in [2.75, 3.05) is 13.1 Å². The first-order valence-corrected chi connectivity index (χ1v) is 7.65. The van der Waals surface area contributed by atoms with Gasteiger partial charge in [-0.15, -0.1) is 0 Å². The topological polar surface area (TPSA) is 66.2 Å². The highest BCUT2D eigenvalue weighted by Gasteiger charge is 2.28. The molecule has 1 saturated heterocycles. The van der Waals surface area contributed by atoms with Gasteiger partial charge in [-0.05, 0) is 52.2 Å². The Kier molecular flexibility index (Phi) is 4.70. The molecule has 1 aromatic heterocycles. The number of aryl methyl sites for hydroxylation is 1. The fraction of sp³-hybridized carbons (Fsp3) is 0.588. The third-order valence-electron chi connectivity index (χ3n) is 3.78. The number of nitriles is 1. The van der Waals surface area contributed by atoms with Crippen molar-refractivity contribution in [3.05, 3.63) is 29.1 Å². The molecule has 1 aromatic rings. The minimum atomic E-state index is -0.459. The molecule has 5 nitrogen and oxygen atoms in total. The summed E-state index contributed by atoms with van der Waals surface area (Å²) < 4.78 is 5.41. The molecule has 118 valence electrons. The van der Waals surface area contributed by atoms with Crippen LogP contribution in [0.15, 0.2) is 12.3 Å². The molecule has 0 N–H and O–H groups in total. The first-order chi connectivity index (χ1) is 10.3. The van der Waals surface area contributed by atoms with Crippen LogP contribution in [0.25, 0.3) is 0 Å².